The molecule has 18 heavy (non-hydrogen) atoms. The van der Waals surface area contributed by atoms with Crippen molar-refractivity contribution in [2.75, 3.05) is 6.54 Å². The highest BCUT2D eigenvalue weighted by molar-refractivity contribution is 7.89. The standard InChI is InChI=1S/C13H20ClNO2S/c1-11(2)6-5-9-15-18(16,17)13-8-4-3-7-12(13)10-14/h3-4,7-8,11,15H,5-6,9-10H2,1-2H3. The maximum Gasteiger partial charge on any atom is 0.240 e. The molecule has 0 radical (unpaired) electrons. The molecule has 102 valence electrons. The van der Waals surface area contributed by atoms with Crippen LogP contribution in [0.4, 0.5) is 0 Å². The van der Waals surface area contributed by atoms with Gasteiger partial charge in [0.15, 0.2) is 0 Å². The van der Waals surface area contributed by atoms with E-state index in [-0.39, 0.29) is 10.8 Å². The van der Waals surface area contributed by atoms with Crippen molar-refractivity contribution >= 4 is 21.6 Å². The predicted molar refractivity (Wildman–Crippen MR) is 75.3 cm³/mol. The second-order valence-electron chi connectivity index (χ2n) is 4.68. The van der Waals surface area contributed by atoms with E-state index >= 15 is 0 Å². The van der Waals surface area contributed by atoms with Crippen LogP contribution in [0.2, 0.25) is 0 Å². The topological polar surface area (TPSA) is 46.2 Å². The molecule has 0 bridgehead atoms. The summed E-state index contributed by atoms with van der Waals surface area (Å²) in [5.74, 6) is 0.785. The molecule has 0 saturated heterocycles. The third-order valence-electron chi connectivity index (χ3n) is 2.66. The molecule has 0 amide bonds. The van der Waals surface area contributed by atoms with E-state index < -0.39 is 10.0 Å². The largest absolute Gasteiger partial charge is 0.240 e. The number of benzene rings is 1. The average Bonchev–Trinajstić information content (AvgIpc) is 2.34. The van der Waals surface area contributed by atoms with Crippen molar-refractivity contribution < 1.29 is 8.42 Å². The Morgan fingerprint density at radius 2 is 1.94 bits per heavy atom. The minimum absolute atomic E-state index is 0.197. The maximum atomic E-state index is 12.1. The van der Waals surface area contributed by atoms with Gasteiger partial charge in [0.25, 0.3) is 0 Å². The molecule has 0 aliphatic rings. The minimum Gasteiger partial charge on any atom is -0.211 e. The molecule has 1 aromatic rings. The number of halogens is 1. The molecule has 0 fully saturated rings. The van der Waals surface area contributed by atoms with E-state index in [1.165, 1.54) is 0 Å². The second-order valence-corrected chi connectivity index (χ2v) is 6.68. The third-order valence-corrected chi connectivity index (χ3v) is 4.51. The molecule has 1 N–H and O–H groups in total. The number of hydrogen-bond donors (Lipinski definition) is 1. The molecule has 0 saturated carbocycles. The van der Waals surface area contributed by atoms with Crippen LogP contribution in [0.1, 0.15) is 32.3 Å². The molecule has 0 spiro atoms. The molecule has 0 atom stereocenters. The van der Waals surface area contributed by atoms with Crippen LogP contribution in [0.15, 0.2) is 29.2 Å². The van der Waals surface area contributed by atoms with E-state index in [1.807, 2.05) is 0 Å². The monoisotopic (exact) mass is 289 g/mol. The molecule has 3 nitrogen and oxygen atoms in total. The van der Waals surface area contributed by atoms with Crippen LogP contribution in [0, 0.1) is 5.92 Å². The Labute approximate surface area is 115 Å². The van der Waals surface area contributed by atoms with E-state index in [9.17, 15) is 8.42 Å². The van der Waals surface area contributed by atoms with Crippen molar-refractivity contribution in [2.45, 2.75) is 37.5 Å². The Balaban J connectivity index is 2.68. The Morgan fingerprint density at radius 1 is 1.28 bits per heavy atom. The van der Waals surface area contributed by atoms with Crippen molar-refractivity contribution in [3.63, 3.8) is 0 Å². The summed E-state index contributed by atoms with van der Waals surface area (Å²) in [5.41, 5.74) is 0.635. The second kappa shape index (κ2) is 7.12. The van der Waals surface area contributed by atoms with Crippen molar-refractivity contribution in [3.05, 3.63) is 29.8 Å². The molecule has 0 aliphatic heterocycles. The highest BCUT2D eigenvalue weighted by Crippen LogP contribution is 2.17. The van der Waals surface area contributed by atoms with Crippen molar-refractivity contribution in [1.29, 1.82) is 0 Å². The summed E-state index contributed by atoms with van der Waals surface area (Å²) in [7, 11) is -3.44. The fourth-order valence-corrected chi connectivity index (χ4v) is 3.29. The van der Waals surface area contributed by atoms with Gasteiger partial charge in [-0.25, -0.2) is 13.1 Å². The number of hydrogen-bond acceptors (Lipinski definition) is 2. The van der Waals surface area contributed by atoms with Crippen LogP contribution >= 0.6 is 11.6 Å². The fraction of sp³-hybridized carbons (Fsp3) is 0.538. The normalized spacial score (nSPS) is 12.0. The smallest absolute Gasteiger partial charge is 0.211 e. The zero-order valence-electron chi connectivity index (χ0n) is 10.8. The summed E-state index contributed by atoms with van der Waals surface area (Å²) < 4.78 is 26.8. The van der Waals surface area contributed by atoms with Crippen molar-refractivity contribution in [3.8, 4) is 0 Å². The predicted octanol–water partition coefficient (Wildman–Crippen LogP) is 3.14. The van der Waals surface area contributed by atoms with Crippen molar-refractivity contribution in [2.24, 2.45) is 5.92 Å². The van der Waals surface area contributed by atoms with E-state index in [1.54, 1.807) is 24.3 Å². The summed E-state index contributed by atoms with van der Waals surface area (Å²) >= 11 is 5.75. The summed E-state index contributed by atoms with van der Waals surface area (Å²) in [6, 6.07) is 6.81. The van der Waals surface area contributed by atoms with Crippen LogP contribution in [-0.2, 0) is 15.9 Å². The Bertz CT molecular complexity index is 472. The highest BCUT2D eigenvalue weighted by atomic mass is 35.5. The molecule has 1 rings (SSSR count). The first-order valence-corrected chi connectivity index (χ1v) is 8.12. The molecule has 5 heteroatoms. The number of alkyl halides is 1. The van der Waals surface area contributed by atoms with Gasteiger partial charge in [-0.3, -0.25) is 0 Å². The van der Waals surface area contributed by atoms with E-state index in [0.29, 0.717) is 18.0 Å². The summed E-state index contributed by atoms with van der Waals surface area (Å²) in [5, 5.41) is 0. The zero-order chi connectivity index (χ0) is 13.6. The Morgan fingerprint density at radius 3 is 2.56 bits per heavy atom. The maximum absolute atomic E-state index is 12.1. The molecule has 0 heterocycles. The quantitative estimate of drug-likeness (QED) is 0.619. The Kier molecular flexibility index (Phi) is 6.12. The van der Waals surface area contributed by atoms with Crippen molar-refractivity contribution in [1.82, 2.24) is 4.72 Å². The zero-order valence-corrected chi connectivity index (χ0v) is 12.4. The lowest BCUT2D eigenvalue weighted by Crippen LogP contribution is -2.25. The summed E-state index contributed by atoms with van der Waals surface area (Å²) in [6.07, 6.45) is 1.86. The molecule has 0 aromatic heterocycles. The molecule has 1 aromatic carbocycles. The number of sulfonamides is 1. The first-order chi connectivity index (χ1) is 8.47. The lowest BCUT2D eigenvalue weighted by atomic mass is 10.1. The van der Waals surface area contributed by atoms with Gasteiger partial charge in [-0.1, -0.05) is 32.0 Å². The Hall–Kier alpha value is -0.580. The van der Waals surface area contributed by atoms with Gasteiger partial charge in [-0.05, 0) is 30.4 Å². The van der Waals surface area contributed by atoms with Gasteiger partial charge in [0.2, 0.25) is 10.0 Å². The highest BCUT2D eigenvalue weighted by Gasteiger charge is 2.16. The van der Waals surface area contributed by atoms with Gasteiger partial charge in [0.05, 0.1) is 4.90 Å². The van der Waals surface area contributed by atoms with Crippen LogP contribution in [-0.4, -0.2) is 15.0 Å². The lowest BCUT2D eigenvalue weighted by molar-refractivity contribution is 0.539. The SMILES string of the molecule is CC(C)CCCNS(=O)(=O)c1ccccc1CCl. The third kappa shape index (κ3) is 4.59. The minimum atomic E-state index is -3.44. The molecule has 0 aliphatic carbocycles. The van der Waals surface area contributed by atoms with Gasteiger partial charge >= 0.3 is 0 Å². The molecular weight excluding hydrogens is 270 g/mol. The lowest BCUT2D eigenvalue weighted by Gasteiger charge is -2.10. The van der Waals surface area contributed by atoms with Gasteiger partial charge in [-0.15, -0.1) is 11.6 Å². The van der Waals surface area contributed by atoms with Gasteiger partial charge in [0.1, 0.15) is 0 Å². The van der Waals surface area contributed by atoms with Crippen LogP contribution in [0.3, 0.4) is 0 Å². The van der Waals surface area contributed by atoms with Gasteiger partial charge < -0.3 is 0 Å². The van der Waals surface area contributed by atoms with E-state index in [2.05, 4.69) is 18.6 Å². The number of nitrogens with one attached hydrogen (secondary N) is 1. The van der Waals surface area contributed by atoms with Crippen LogP contribution in [0.25, 0.3) is 0 Å². The summed E-state index contributed by atoms with van der Waals surface area (Å²) in [4.78, 5) is 0.282. The van der Waals surface area contributed by atoms with E-state index in [0.717, 1.165) is 12.8 Å². The molecule has 0 unspecified atom stereocenters. The van der Waals surface area contributed by atoms with Crippen LogP contribution in [0.5, 0.6) is 0 Å². The first-order valence-electron chi connectivity index (χ1n) is 6.11. The van der Waals surface area contributed by atoms with E-state index in [4.69, 9.17) is 11.6 Å². The first kappa shape index (κ1) is 15.5. The van der Waals surface area contributed by atoms with Gasteiger partial charge in [-0.2, -0.15) is 0 Å². The average molecular weight is 290 g/mol. The van der Waals surface area contributed by atoms with Gasteiger partial charge in [0, 0.05) is 12.4 Å². The van der Waals surface area contributed by atoms with Crippen LogP contribution < -0.4 is 4.72 Å². The number of rotatable bonds is 7. The fourth-order valence-electron chi connectivity index (χ4n) is 1.67. The summed E-state index contributed by atoms with van der Waals surface area (Å²) in [6.45, 7) is 4.71. The molecular formula is C13H20ClNO2S.